The first-order valence-electron chi connectivity index (χ1n) is 8.60. The summed E-state index contributed by atoms with van der Waals surface area (Å²) in [6, 6.07) is -0.647. The first kappa shape index (κ1) is 18.7. The summed E-state index contributed by atoms with van der Waals surface area (Å²) in [4.78, 5) is 27.4. The predicted molar refractivity (Wildman–Crippen MR) is 87.0 cm³/mol. The molecule has 2 amide bonds. The standard InChI is InChI=1S/C16H31N3O3/c1-3-5-7-10-18(11-8-6-4-2)16(22)19-12-9-17-14(13-19)15(20)21/h14,17H,3-13H2,1-2H3,(H,20,21)/t14-/m0/s1. The van der Waals surface area contributed by atoms with Crippen LogP contribution < -0.4 is 5.32 Å². The number of urea groups is 1. The van der Waals surface area contributed by atoms with E-state index in [0.717, 1.165) is 51.6 Å². The Kier molecular flexibility index (Phi) is 8.89. The molecule has 0 aromatic carbocycles. The Labute approximate surface area is 133 Å². The van der Waals surface area contributed by atoms with Gasteiger partial charge in [-0.05, 0) is 12.8 Å². The van der Waals surface area contributed by atoms with Gasteiger partial charge in [-0.1, -0.05) is 39.5 Å². The van der Waals surface area contributed by atoms with Crippen molar-refractivity contribution in [2.24, 2.45) is 0 Å². The average Bonchev–Trinajstić information content (AvgIpc) is 2.53. The molecule has 0 unspecified atom stereocenters. The highest BCUT2D eigenvalue weighted by Gasteiger charge is 2.29. The van der Waals surface area contributed by atoms with Crippen molar-refractivity contribution in [1.82, 2.24) is 15.1 Å². The molecule has 1 heterocycles. The zero-order chi connectivity index (χ0) is 16.4. The van der Waals surface area contributed by atoms with Gasteiger partial charge in [-0.2, -0.15) is 0 Å². The monoisotopic (exact) mass is 313 g/mol. The minimum absolute atomic E-state index is 0.0000406. The molecule has 0 bridgehead atoms. The van der Waals surface area contributed by atoms with Gasteiger partial charge in [0.2, 0.25) is 0 Å². The maximum Gasteiger partial charge on any atom is 0.322 e. The lowest BCUT2D eigenvalue weighted by Gasteiger charge is -2.35. The molecule has 0 aromatic heterocycles. The second-order valence-electron chi connectivity index (χ2n) is 5.97. The van der Waals surface area contributed by atoms with E-state index in [2.05, 4.69) is 19.2 Å². The number of amides is 2. The van der Waals surface area contributed by atoms with Crippen molar-refractivity contribution in [3.8, 4) is 0 Å². The van der Waals surface area contributed by atoms with Gasteiger partial charge in [0, 0.05) is 32.7 Å². The van der Waals surface area contributed by atoms with Crippen LogP contribution in [0.15, 0.2) is 0 Å². The number of carboxylic acid groups (broad SMARTS) is 1. The highest BCUT2D eigenvalue weighted by atomic mass is 16.4. The second kappa shape index (κ2) is 10.4. The van der Waals surface area contributed by atoms with E-state index in [1.807, 2.05) is 4.90 Å². The van der Waals surface area contributed by atoms with E-state index in [1.54, 1.807) is 4.90 Å². The van der Waals surface area contributed by atoms with Crippen molar-refractivity contribution < 1.29 is 14.7 Å². The molecule has 0 radical (unpaired) electrons. The fraction of sp³-hybridized carbons (Fsp3) is 0.875. The van der Waals surface area contributed by atoms with Gasteiger partial charge in [-0.15, -0.1) is 0 Å². The lowest BCUT2D eigenvalue weighted by molar-refractivity contribution is -0.140. The van der Waals surface area contributed by atoms with Crippen molar-refractivity contribution in [2.75, 3.05) is 32.7 Å². The summed E-state index contributed by atoms with van der Waals surface area (Å²) < 4.78 is 0. The lowest BCUT2D eigenvalue weighted by Crippen LogP contribution is -2.58. The van der Waals surface area contributed by atoms with E-state index >= 15 is 0 Å². The summed E-state index contributed by atoms with van der Waals surface area (Å²) in [5.74, 6) is -0.888. The minimum Gasteiger partial charge on any atom is -0.480 e. The predicted octanol–water partition coefficient (Wildman–Crippen LogP) is 2.15. The number of hydrogen-bond acceptors (Lipinski definition) is 3. The molecule has 1 rings (SSSR count). The molecule has 1 saturated heterocycles. The smallest absolute Gasteiger partial charge is 0.322 e. The van der Waals surface area contributed by atoms with Crippen molar-refractivity contribution >= 4 is 12.0 Å². The Morgan fingerprint density at radius 3 is 2.23 bits per heavy atom. The van der Waals surface area contributed by atoms with Gasteiger partial charge in [-0.25, -0.2) is 4.79 Å². The summed E-state index contributed by atoms with van der Waals surface area (Å²) in [6.07, 6.45) is 6.54. The van der Waals surface area contributed by atoms with Crippen LogP contribution in [0.25, 0.3) is 0 Å². The van der Waals surface area contributed by atoms with E-state index < -0.39 is 12.0 Å². The molecule has 0 aromatic rings. The van der Waals surface area contributed by atoms with Crippen LogP contribution in [0.4, 0.5) is 4.79 Å². The molecule has 1 aliphatic rings. The van der Waals surface area contributed by atoms with Crippen LogP contribution >= 0.6 is 0 Å². The minimum atomic E-state index is -0.888. The number of piperazine rings is 1. The van der Waals surface area contributed by atoms with Gasteiger partial charge in [0.15, 0.2) is 0 Å². The molecule has 6 nitrogen and oxygen atoms in total. The van der Waals surface area contributed by atoms with Crippen LogP contribution in [0.3, 0.4) is 0 Å². The number of nitrogens with one attached hydrogen (secondary N) is 1. The number of carboxylic acids is 1. The van der Waals surface area contributed by atoms with Gasteiger partial charge in [0.05, 0.1) is 0 Å². The average molecular weight is 313 g/mol. The summed E-state index contributed by atoms with van der Waals surface area (Å²) in [5, 5.41) is 12.0. The normalized spacial score (nSPS) is 18.3. The third kappa shape index (κ3) is 6.22. The quantitative estimate of drug-likeness (QED) is 0.640. The molecule has 0 saturated carbocycles. The third-order valence-electron chi connectivity index (χ3n) is 4.08. The lowest BCUT2D eigenvalue weighted by atomic mass is 10.2. The van der Waals surface area contributed by atoms with E-state index in [1.165, 1.54) is 0 Å². The van der Waals surface area contributed by atoms with Crippen LogP contribution in [0.5, 0.6) is 0 Å². The SMILES string of the molecule is CCCCCN(CCCCC)C(=O)N1CCN[C@H](C(=O)O)C1. The topological polar surface area (TPSA) is 72.9 Å². The van der Waals surface area contributed by atoms with Crippen LogP contribution in [-0.4, -0.2) is 65.7 Å². The molecule has 6 heteroatoms. The van der Waals surface area contributed by atoms with E-state index in [-0.39, 0.29) is 12.6 Å². The molecular formula is C16H31N3O3. The number of rotatable bonds is 9. The maximum atomic E-state index is 12.7. The number of aliphatic carboxylic acids is 1. The zero-order valence-corrected chi connectivity index (χ0v) is 14.0. The number of carbonyl (C=O) groups is 2. The molecule has 0 aliphatic carbocycles. The molecule has 0 spiro atoms. The van der Waals surface area contributed by atoms with Crippen LogP contribution in [0.1, 0.15) is 52.4 Å². The Balaban J connectivity index is 2.57. The molecule has 22 heavy (non-hydrogen) atoms. The number of unbranched alkanes of at least 4 members (excludes halogenated alkanes) is 4. The van der Waals surface area contributed by atoms with Crippen LogP contribution in [0, 0.1) is 0 Å². The Hall–Kier alpha value is -1.30. The van der Waals surface area contributed by atoms with Gasteiger partial charge in [0.25, 0.3) is 0 Å². The van der Waals surface area contributed by atoms with E-state index in [4.69, 9.17) is 5.11 Å². The fourth-order valence-electron chi connectivity index (χ4n) is 2.70. The van der Waals surface area contributed by atoms with Crippen LogP contribution in [0.2, 0.25) is 0 Å². The second-order valence-corrected chi connectivity index (χ2v) is 5.97. The fourth-order valence-corrected chi connectivity index (χ4v) is 2.70. The van der Waals surface area contributed by atoms with Crippen LogP contribution in [-0.2, 0) is 4.79 Å². The highest BCUT2D eigenvalue weighted by Crippen LogP contribution is 2.09. The molecule has 1 aliphatic heterocycles. The molecule has 2 N–H and O–H groups in total. The van der Waals surface area contributed by atoms with Crippen molar-refractivity contribution in [1.29, 1.82) is 0 Å². The number of nitrogens with zero attached hydrogens (tertiary/aromatic N) is 2. The van der Waals surface area contributed by atoms with E-state index in [9.17, 15) is 9.59 Å². The number of carbonyl (C=O) groups excluding carboxylic acids is 1. The molecule has 1 atom stereocenters. The summed E-state index contributed by atoms with van der Waals surface area (Å²) in [6.45, 7) is 7.23. The van der Waals surface area contributed by atoms with Crippen molar-refractivity contribution in [2.45, 2.75) is 58.4 Å². The number of hydrogen-bond donors (Lipinski definition) is 2. The summed E-state index contributed by atoms with van der Waals surface area (Å²) in [5.41, 5.74) is 0. The summed E-state index contributed by atoms with van der Waals surface area (Å²) >= 11 is 0. The van der Waals surface area contributed by atoms with E-state index in [0.29, 0.717) is 13.1 Å². The molecule has 1 fully saturated rings. The Morgan fingerprint density at radius 1 is 1.14 bits per heavy atom. The third-order valence-corrected chi connectivity index (χ3v) is 4.08. The molecular weight excluding hydrogens is 282 g/mol. The van der Waals surface area contributed by atoms with Crippen molar-refractivity contribution in [3.63, 3.8) is 0 Å². The zero-order valence-electron chi connectivity index (χ0n) is 14.0. The highest BCUT2D eigenvalue weighted by molar-refractivity contribution is 5.78. The Bertz CT molecular complexity index is 340. The van der Waals surface area contributed by atoms with Gasteiger partial charge in [0.1, 0.15) is 6.04 Å². The first-order chi connectivity index (χ1) is 10.6. The first-order valence-corrected chi connectivity index (χ1v) is 8.60. The molecule has 128 valence electrons. The van der Waals surface area contributed by atoms with Gasteiger partial charge < -0.3 is 20.2 Å². The van der Waals surface area contributed by atoms with Gasteiger partial charge in [-0.3, -0.25) is 4.79 Å². The van der Waals surface area contributed by atoms with Gasteiger partial charge >= 0.3 is 12.0 Å². The van der Waals surface area contributed by atoms with Crippen molar-refractivity contribution in [3.05, 3.63) is 0 Å². The summed E-state index contributed by atoms with van der Waals surface area (Å²) in [7, 11) is 0. The maximum absolute atomic E-state index is 12.7. The Morgan fingerprint density at radius 2 is 1.73 bits per heavy atom. The largest absolute Gasteiger partial charge is 0.480 e.